The Kier molecular flexibility index (Phi) is 7.00. The van der Waals surface area contributed by atoms with Crippen LogP contribution in [0.5, 0.6) is 0 Å². The second-order valence-corrected chi connectivity index (χ2v) is 11.2. The number of hydrogen-bond acceptors (Lipinski definition) is 6. The Hall–Kier alpha value is -3.56. The number of benzene rings is 2. The number of aromatic amines is 1. The standard InChI is InChI=1S/C26H28N4O4S/c1-16(2)35(33,34)20-10-8-19(9-11-20)23-15-28-25-24(29-23)21(14-27-25)26(32)30-22(12-13-31)18-6-4-17(3)5-7-18/h4-11,14-16,22,31H,12-13H2,1-3H3,(H,27,28)(H,30,32). The number of nitrogens with one attached hydrogen (secondary N) is 2. The maximum absolute atomic E-state index is 13.2. The number of aryl methyl sites for hydroxylation is 1. The summed E-state index contributed by atoms with van der Waals surface area (Å²) in [4.78, 5) is 25.4. The number of carbonyl (C=O) groups is 1. The fourth-order valence-electron chi connectivity index (χ4n) is 3.78. The lowest BCUT2D eigenvalue weighted by Crippen LogP contribution is -2.29. The Balaban J connectivity index is 1.62. The number of nitrogens with zero attached hydrogens (tertiary/aromatic N) is 2. The number of carbonyl (C=O) groups excluding carboxylic acids is 1. The monoisotopic (exact) mass is 492 g/mol. The maximum Gasteiger partial charge on any atom is 0.255 e. The molecular formula is C26H28N4O4S. The minimum atomic E-state index is -3.37. The van der Waals surface area contributed by atoms with E-state index in [0.29, 0.717) is 34.4 Å². The molecule has 3 N–H and O–H groups in total. The molecular weight excluding hydrogens is 464 g/mol. The van der Waals surface area contributed by atoms with Gasteiger partial charge in [-0.3, -0.25) is 4.79 Å². The van der Waals surface area contributed by atoms with Crippen LogP contribution in [0.4, 0.5) is 0 Å². The summed E-state index contributed by atoms with van der Waals surface area (Å²) in [7, 11) is -3.37. The molecule has 1 unspecified atom stereocenters. The molecule has 9 heteroatoms. The minimum absolute atomic E-state index is 0.0703. The van der Waals surface area contributed by atoms with Gasteiger partial charge in [0.2, 0.25) is 0 Å². The highest BCUT2D eigenvalue weighted by molar-refractivity contribution is 7.92. The summed E-state index contributed by atoms with van der Waals surface area (Å²) < 4.78 is 24.8. The summed E-state index contributed by atoms with van der Waals surface area (Å²) in [5.41, 5.74) is 4.43. The van der Waals surface area contributed by atoms with Gasteiger partial charge in [0, 0.05) is 18.4 Å². The first kappa shape index (κ1) is 24.6. The van der Waals surface area contributed by atoms with E-state index in [9.17, 15) is 18.3 Å². The molecule has 0 aliphatic heterocycles. The average molecular weight is 493 g/mol. The highest BCUT2D eigenvalue weighted by atomic mass is 32.2. The van der Waals surface area contributed by atoms with Gasteiger partial charge >= 0.3 is 0 Å². The third-order valence-electron chi connectivity index (χ3n) is 5.93. The molecule has 4 aromatic rings. The summed E-state index contributed by atoms with van der Waals surface area (Å²) >= 11 is 0. The van der Waals surface area contributed by atoms with Crippen molar-refractivity contribution in [3.63, 3.8) is 0 Å². The Morgan fingerprint density at radius 1 is 1.09 bits per heavy atom. The van der Waals surface area contributed by atoms with Crippen molar-refractivity contribution in [1.82, 2.24) is 20.3 Å². The van der Waals surface area contributed by atoms with Crippen molar-refractivity contribution >= 4 is 26.9 Å². The Morgan fingerprint density at radius 3 is 2.40 bits per heavy atom. The van der Waals surface area contributed by atoms with Gasteiger partial charge in [-0.05, 0) is 44.9 Å². The quantitative estimate of drug-likeness (QED) is 0.342. The summed E-state index contributed by atoms with van der Waals surface area (Å²) in [5, 5.41) is 12.0. The largest absolute Gasteiger partial charge is 0.396 e. The van der Waals surface area contributed by atoms with Crippen LogP contribution in [0, 0.1) is 6.92 Å². The zero-order valence-electron chi connectivity index (χ0n) is 19.8. The first-order valence-electron chi connectivity index (χ1n) is 11.4. The normalized spacial score (nSPS) is 12.7. The third-order valence-corrected chi connectivity index (χ3v) is 8.10. The van der Waals surface area contributed by atoms with E-state index in [1.165, 1.54) is 0 Å². The van der Waals surface area contributed by atoms with Crippen LogP contribution in [0.25, 0.3) is 22.4 Å². The molecule has 1 atom stereocenters. The van der Waals surface area contributed by atoms with Crippen LogP contribution in [-0.2, 0) is 9.84 Å². The van der Waals surface area contributed by atoms with Crippen molar-refractivity contribution < 1.29 is 18.3 Å². The highest BCUT2D eigenvalue weighted by Crippen LogP contribution is 2.25. The number of H-pyrrole nitrogens is 1. The van der Waals surface area contributed by atoms with Crippen molar-refractivity contribution in [2.45, 2.75) is 43.4 Å². The molecule has 0 fully saturated rings. The van der Waals surface area contributed by atoms with Crippen molar-refractivity contribution in [3.05, 3.63) is 77.6 Å². The molecule has 2 aromatic carbocycles. The molecule has 8 nitrogen and oxygen atoms in total. The molecule has 4 rings (SSSR count). The van der Waals surface area contributed by atoms with Gasteiger partial charge in [0.1, 0.15) is 5.52 Å². The zero-order chi connectivity index (χ0) is 25.2. The van der Waals surface area contributed by atoms with Gasteiger partial charge in [0.25, 0.3) is 5.91 Å². The van der Waals surface area contributed by atoms with Gasteiger partial charge in [-0.25, -0.2) is 18.4 Å². The predicted octanol–water partition coefficient (Wildman–Crippen LogP) is 3.97. The van der Waals surface area contributed by atoms with Gasteiger partial charge in [0.05, 0.1) is 33.6 Å². The van der Waals surface area contributed by atoms with E-state index in [2.05, 4.69) is 20.3 Å². The smallest absolute Gasteiger partial charge is 0.255 e. The second-order valence-electron chi connectivity index (χ2n) is 8.72. The summed E-state index contributed by atoms with van der Waals surface area (Å²) in [5.74, 6) is -0.333. The zero-order valence-corrected chi connectivity index (χ0v) is 20.6. The molecule has 1 amide bonds. The lowest BCUT2D eigenvalue weighted by Gasteiger charge is -2.18. The van der Waals surface area contributed by atoms with E-state index in [0.717, 1.165) is 11.1 Å². The van der Waals surface area contributed by atoms with Crippen LogP contribution in [0.15, 0.2) is 65.8 Å². The Morgan fingerprint density at radius 2 is 1.77 bits per heavy atom. The molecule has 182 valence electrons. The average Bonchev–Trinajstić information content (AvgIpc) is 3.28. The maximum atomic E-state index is 13.2. The second kappa shape index (κ2) is 9.97. The van der Waals surface area contributed by atoms with Crippen LogP contribution in [0.2, 0.25) is 0 Å². The van der Waals surface area contributed by atoms with Gasteiger partial charge < -0.3 is 15.4 Å². The first-order chi connectivity index (χ1) is 16.7. The number of sulfone groups is 1. The van der Waals surface area contributed by atoms with Crippen LogP contribution < -0.4 is 5.32 Å². The molecule has 0 bridgehead atoms. The molecule has 0 radical (unpaired) electrons. The van der Waals surface area contributed by atoms with E-state index in [4.69, 9.17) is 0 Å². The summed E-state index contributed by atoms with van der Waals surface area (Å²) in [6.07, 6.45) is 3.51. The van der Waals surface area contributed by atoms with Crippen LogP contribution in [0.1, 0.15) is 47.8 Å². The SMILES string of the molecule is Cc1ccc(C(CCO)NC(=O)c2c[nH]c3ncc(-c4ccc(S(=O)(=O)C(C)C)cc4)nc23)cc1. The predicted molar refractivity (Wildman–Crippen MR) is 135 cm³/mol. The number of hydrogen-bond donors (Lipinski definition) is 3. The summed E-state index contributed by atoms with van der Waals surface area (Å²) in [6.45, 7) is 5.21. The topological polar surface area (TPSA) is 125 Å². The van der Waals surface area contributed by atoms with Crippen LogP contribution >= 0.6 is 0 Å². The Labute approximate surface area is 204 Å². The lowest BCUT2D eigenvalue weighted by molar-refractivity contribution is 0.0931. The molecule has 0 aliphatic rings. The molecule has 0 spiro atoms. The van der Waals surface area contributed by atoms with Crippen LogP contribution in [0.3, 0.4) is 0 Å². The minimum Gasteiger partial charge on any atom is -0.396 e. The van der Waals surface area contributed by atoms with E-state index in [-0.39, 0.29) is 23.5 Å². The number of amides is 1. The number of fused-ring (bicyclic) bond motifs is 1. The fourth-order valence-corrected chi connectivity index (χ4v) is 4.84. The molecule has 2 aromatic heterocycles. The van der Waals surface area contributed by atoms with Crippen molar-refractivity contribution in [2.24, 2.45) is 0 Å². The Bertz CT molecular complexity index is 1440. The van der Waals surface area contributed by atoms with Gasteiger partial charge in [-0.15, -0.1) is 0 Å². The number of aliphatic hydroxyl groups excluding tert-OH is 1. The third kappa shape index (κ3) is 5.11. The molecule has 35 heavy (non-hydrogen) atoms. The van der Waals surface area contributed by atoms with Crippen molar-refractivity contribution in [2.75, 3.05) is 6.61 Å². The van der Waals surface area contributed by atoms with Gasteiger partial charge in [-0.1, -0.05) is 42.0 Å². The number of aliphatic hydroxyl groups is 1. The van der Waals surface area contributed by atoms with E-state index in [1.54, 1.807) is 50.5 Å². The first-order valence-corrected chi connectivity index (χ1v) is 12.9. The lowest BCUT2D eigenvalue weighted by atomic mass is 10.0. The fraction of sp³-hybridized carbons (Fsp3) is 0.269. The summed E-state index contributed by atoms with van der Waals surface area (Å²) in [6, 6.07) is 13.9. The number of aromatic nitrogens is 3. The van der Waals surface area contributed by atoms with E-state index in [1.807, 2.05) is 31.2 Å². The van der Waals surface area contributed by atoms with Gasteiger partial charge in [-0.2, -0.15) is 0 Å². The number of rotatable bonds is 8. The van der Waals surface area contributed by atoms with Crippen molar-refractivity contribution in [1.29, 1.82) is 0 Å². The van der Waals surface area contributed by atoms with E-state index < -0.39 is 15.1 Å². The molecule has 0 aliphatic carbocycles. The molecule has 0 saturated carbocycles. The van der Waals surface area contributed by atoms with Crippen molar-refractivity contribution in [3.8, 4) is 11.3 Å². The van der Waals surface area contributed by atoms with Gasteiger partial charge in [0.15, 0.2) is 15.5 Å². The molecule has 2 heterocycles. The molecule has 0 saturated heterocycles. The van der Waals surface area contributed by atoms with E-state index >= 15 is 0 Å². The highest BCUT2D eigenvalue weighted by Gasteiger charge is 2.21. The van der Waals surface area contributed by atoms with Crippen LogP contribution in [-0.4, -0.2) is 46.2 Å².